The number of aliphatic hydroxyl groups is 2. The molecule has 0 aliphatic heterocycles. The highest BCUT2D eigenvalue weighted by Gasteiger charge is 2.10. The van der Waals surface area contributed by atoms with E-state index in [1.54, 1.807) is 26.2 Å². The van der Waals surface area contributed by atoms with Crippen molar-refractivity contribution in [2.75, 3.05) is 11.5 Å². The molecule has 36 heavy (non-hydrogen) atoms. The van der Waals surface area contributed by atoms with E-state index in [2.05, 4.69) is 19.9 Å². The van der Waals surface area contributed by atoms with E-state index < -0.39 is 0 Å². The number of hydrogen-bond donors (Lipinski definition) is 4. The van der Waals surface area contributed by atoms with Gasteiger partial charge in [-0.3, -0.25) is 0 Å². The van der Waals surface area contributed by atoms with Gasteiger partial charge in [0.25, 0.3) is 0 Å². The van der Waals surface area contributed by atoms with Gasteiger partial charge >= 0.3 is 0 Å². The summed E-state index contributed by atoms with van der Waals surface area (Å²) >= 11 is 0. The predicted molar refractivity (Wildman–Crippen MR) is 133 cm³/mol. The molecule has 0 atom stereocenters. The molecule has 0 aromatic carbocycles. The number of aryl methyl sites for hydroxylation is 2. The summed E-state index contributed by atoms with van der Waals surface area (Å²) in [7, 11) is 0. The SMILES string of the molecule is Cc1ncc(C[n+]2cccc(CO)c2)c(N)n1.Cc1ncc(C[n+]2cccc(CO)c2)c(N)n1.Cl.[Cl-]. The van der Waals surface area contributed by atoms with E-state index in [-0.39, 0.29) is 38.0 Å². The molecule has 6 N–H and O–H groups in total. The van der Waals surface area contributed by atoms with Gasteiger partial charge in [0.2, 0.25) is 0 Å². The summed E-state index contributed by atoms with van der Waals surface area (Å²) in [6.45, 7) is 4.86. The minimum absolute atomic E-state index is 0. The summed E-state index contributed by atoms with van der Waals surface area (Å²) in [6.07, 6.45) is 11.0. The molecule has 0 saturated heterocycles. The van der Waals surface area contributed by atoms with Crippen molar-refractivity contribution in [3.63, 3.8) is 0 Å². The average molecular weight is 534 g/mol. The summed E-state index contributed by atoms with van der Waals surface area (Å²) < 4.78 is 3.88. The lowest BCUT2D eigenvalue weighted by Crippen LogP contribution is -3.00. The fourth-order valence-electron chi connectivity index (χ4n) is 3.20. The summed E-state index contributed by atoms with van der Waals surface area (Å²) in [5.74, 6) is 2.33. The van der Waals surface area contributed by atoms with E-state index in [0.29, 0.717) is 36.4 Å². The Morgan fingerprint density at radius 2 is 1.14 bits per heavy atom. The van der Waals surface area contributed by atoms with Crippen LogP contribution in [0.15, 0.2) is 61.4 Å². The van der Waals surface area contributed by atoms with Gasteiger partial charge in [-0.1, -0.05) is 0 Å². The summed E-state index contributed by atoms with van der Waals surface area (Å²) in [4.78, 5) is 16.5. The van der Waals surface area contributed by atoms with Crippen molar-refractivity contribution < 1.29 is 31.8 Å². The number of halogens is 2. The molecule has 0 unspecified atom stereocenters. The van der Waals surface area contributed by atoms with E-state index in [1.165, 1.54) is 0 Å². The monoisotopic (exact) mass is 533 g/mol. The van der Waals surface area contributed by atoms with Crippen LogP contribution in [-0.2, 0) is 26.3 Å². The molecule has 0 radical (unpaired) electrons. The zero-order valence-electron chi connectivity index (χ0n) is 20.1. The van der Waals surface area contributed by atoms with Gasteiger partial charge in [0, 0.05) is 35.7 Å². The predicted octanol–water partition coefficient (Wildman–Crippen LogP) is -2.18. The normalized spacial score (nSPS) is 9.89. The molecule has 0 aliphatic rings. The number of hydrogen-bond acceptors (Lipinski definition) is 8. The van der Waals surface area contributed by atoms with Gasteiger partial charge in [0.15, 0.2) is 37.9 Å². The molecule has 12 heteroatoms. The molecular weight excluding hydrogens is 503 g/mol. The topological polar surface area (TPSA) is 152 Å². The Bertz CT molecular complexity index is 1160. The number of rotatable bonds is 6. The molecular formula is C24H31Cl2N8O2+. The van der Waals surface area contributed by atoms with Crippen molar-refractivity contribution in [1.82, 2.24) is 19.9 Å². The van der Waals surface area contributed by atoms with Gasteiger partial charge in [0.1, 0.15) is 23.3 Å². The lowest BCUT2D eigenvalue weighted by atomic mass is 10.2. The first-order valence-electron chi connectivity index (χ1n) is 10.7. The molecule has 0 saturated carbocycles. The first-order valence-corrected chi connectivity index (χ1v) is 10.7. The lowest BCUT2D eigenvalue weighted by molar-refractivity contribution is -0.688. The van der Waals surface area contributed by atoms with Crippen LogP contribution in [0, 0.1) is 13.8 Å². The molecule has 0 aliphatic carbocycles. The van der Waals surface area contributed by atoms with Crippen LogP contribution in [0.3, 0.4) is 0 Å². The van der Waals surface area contributed by atoms with Gasteiger partial charge in [0.05, 0.1) is 24.3 Å². The van der Waals surface area contributed by atoms with E-state index >= 15 is 0 Å². The maximum Gasteiger partial charge on any atom is 0.178 e. The van der Waals surface area contributed by atoms with Crippen LogP contribution in [-0.4, -0.2) is 30.1 Å². The van der Waals surface area contributed by atoms with Crippen LogP contribution in [0.5, 0.6) is 0 Å². The Morgan fingerprint density at radius 1 is 0.750 bits per heavy atom. The van der Waals surface area contributed by atoms with Gasteiger partial charge in [-0.25, -0.2) is 29.1 Å². The average Bonchev–Trinajstić information content (AvgIpc) is 2.83. The number of nitrogens with zero attached hydrogens (tertiary/aromatic N) is 6. The number of aliphatic hydroxyl groups excluding tert-OH is 2. The van der Waals surface area contributed by atoms with Crippen molar-refractivity contribution in [1.29, 1.82) is 0 Å². The number of pyridine rings is 2. The third kappa shape index (κ3) is 8.97. The Morgan fingerprint density at radius 3 is 1.47 bits per heavy atom. The van der Waals surface area contributed by atoms with E-state index in [9.17, 15) is 0 Å². The van der Waals surface area contributed by atoms with Crippen LogP contribution in [0.25, 0.3) is 0 Å². The summed E-state index contributed by atoms with van der Waals surface area (Å²) in [6, 6.07) is 7.50. The molecule has 0 spiro atoms. The molecule has 4 aromatic heterocycles. The standard InChI is InChI=1S/2C12H15N4O.2ClH/c2*1-9-14-5-11(12(13)15-9)7-16-4-2-3-10(6-16)8-17;;/h2*2-6,17H,7-8H2,1H3,(H2,13,14,15);2*1H/q2*+1;;/p-1. The van der Waals surface area contributed by atoms with Gasteiger partial charge < -0.3 is 34.1 Å². The van der Waals surface area contributed by atoms with Gasteiger partial charge in [-0.2, -0.15) is 0 Å². The Balaban J connectivity index is 0.000000341. The second-order valence-corrected chi connectivity index (χ2v) is 7.74. The molecule has 4 aromatic rings. The van der Waals surface area contributed by atoms with Crippen LogP contribution in [0.2, 0.25) is 0 Å². The van der Waals surface area contributed by atoms with Crippen molar-refractivity contribution >= 4 is 24.0 Å². The van der Waals surface area contributed by atoms with Gasteiger partial charge in [-0.15, -0.1) is 12.4 Å². The number of nitrogen functional groups attached to an aromatic ring is 2. The Kier molecular flexibility index (Phi) is 12.6. The molecule has 0 fully saturated rings. The second kappa shape index (κ2) is 14.8. The quantitative estimate of drug-likeness (QED) is 0.204. The van der Waals surface area contributed by atoms with E-state index in [4.69, 9.17) is 21.7 Å². The third-order valence-electron chi connectivity index (χ3n) is 4.95. The lowest BCUT2D eigenvalue weighted by Gasteiger charge is -2.02. The highest BCUT2D eigenvalue weighted by molar-refractivity contribution is 5.85. The van der Waals surface area contributed by atoms with Crippen molar-refractivity contribution in [3.8, 4) is 0 Å². The molecule has 0 bridgehead atoms. The highest BCUT2D eigenvalue weighted by Crippen LogP contribution is 2.07. The Hall–Kier alpha value is -3.44. The highest BCUT2D eigenvalue weighted by atomic mass is 35.5. The minimum Gasteiger partial charge on any atom is -1.00 e. The van der Waals surface area contributed by atoms with Crippen molar-refractivity contribution in [2.24, 2.45) is 0 Å². The molecule has 10 nitrogen and oxygen atoms in total. The van der Waals surface area contributed by atoms with E-state index in [0.717, 1.165) is 22.3 Å². The maximum absolute atomic E-state index is 9.06. The van der Waals surface area contributed by atoms with Crippen LogP contribution in [0.1, 0.15) is 33.9 Å². The minimum atomic E-state index is 0. The maximum atomic E-state index is 9.06. The third-order valence-corrected chi connectivity index (χ3v) is 4.95. The summed E-state index contributed by atoms with van der Waals surface area (Å²) in [5, 5.41) is 18.1. The smallest absolute Gasteiger partial charge is 0.178 e. The fourth-order valence-corrected chi connectivity index (χ4v) is 3.20. The van der Waals surface area contributed by atoms with E-state index in [1.807, 2.05) is 58.2 Å². The largest absolute Gasteiger partial charge is 1.00 e. The first-order chi connectivity index (χ1) is 16.4. The number of anilines is 2. The molecule has 192 valence electrons. The van der Waals surface area contributed by atoms with Gasteiger partial charge in [-0.05, 0) is 26.0 Å². The van der Waals surface area contributed by atoms with Crippen molar-refractivity contribution in [3.05, 3.63) is 95.3 Å². The summed E-state index contributed by atoms with van der Waals surface area (Å²) in [5.41, 5.74) is 15.1. The zero-order valence-corrected chi connectivity index (χ0v) is 21.7. The zero-order chi connectivity index (χ0) is 24.5. The van der Waals surface area contributed by atoms with Crippen LogP contribution < -0.4 is 33.0 Å². The fraction of sp³-hybridized carbons (Fsp3) is 0.250. The molecule has 4 rings (SSSR count). The first kappa shape index (κ1) is 30.6. The second-order valence-electron chi connectivity index (χ2n) is 7.74. The number of aromatic nitrogens is 6. The van der Waals surface area contributed by atoms with Crippen molar-refractivity contribution in [2.45, 2.75) is 40.2 Å². The molecule has 0 amide bonds. The van der Waals surface area contributed by atoms with Crippen LogP contribution in [0.4, 0.5) is 11.6 Å². The molecule has 4 heterocycles. The number of nitrogens with two attached hydrogens (primary N) is 2. The Labute approximate surface area is 222 Å². The van der Waals surface area contributed by atoms with Crippen LogP contribution >= 0.6 is 12.4 Å².